The van der Waals surface area contributed by atoms with Crippen LogP contribution in [-0.4, -0.2) is 12.0 Å². The highest BCUT2D eigenvalue weighted by Crippen LogP contribution is 2.31. The van der Waals surface area contributed by atoms with Gasteiger partial charge in [-0.1, -0.05) is 46.8 Å². The number of amides is 1. The number of carbonyl (C=O) groups is 1. The van der Waals surface area contributed by atoms with Gasteiger partial charge in [0.1, 0.15) is 5.75 Å². The maximum Gasteiger partial charge on any atom is 0.258 e. The van der Waals surface area contributed by atoms with Gasteiger partial charge in [0, 0.05) is 0 Å². The second-order valence-electron chi connectivity index (χ2n) is 5.52. The molecule has 1 aromatic carbocycles. The van der Waals surface area contributed by atoms with Crippen LogP contribution >= 0.6 is 0 Å². The number of ether oxygens (including phenoxy) is 1. The standard InChI is InChI=1S/C16H25NO2/c1-6-14(16(17)18)19-15-8-7-12(10(2)3)9-13(15)11(4)5/h7-11,14H,6H2,1-5H3,(H2,17,18). The normalized spacial score (nSPS) is 12.8. The van der Waals surface area contributed by atoms with Crippen LogP contribution in [0.5, 0.6) is 5.75 Å². The molecule has 0 bridgehead atoms. The average Bonchev–Trinajstić information content (AvgIpc) is 2.35. The SMILES string of the molecule is CCC(Oc1ccc(C(C)C)cc1C(C)C)C(N)=O. The van der Waals surface area contributed by atoms with Crippen LogP contribution in [0.4, 0.5) is 0 Å². The molecule has 0 saturated heterocycles. The Bertz CT molecular complexity index is 438. The highest BCUT2D eigenvalue weighted by molar-refractivity contribution is 5.79. The van der Waals surface area contributed by atoms with Gasteiger partial charge in [0.2, 0.25) is 0 Å². The topological polar surface area (TPSA) is 52.3 Å². The lowest BCUT2D eigenvalue weighted by molar-refractivity contribution is -0.124. The first-order valence-electron chi connectivity index (χ1n) is 6.96. The lowest BCUT2D eigenvalue weighted by atomic mass is 9.95. The first-order valence-corrected chi connectivity index (χ1v) is 6.96. The molecular weight excluding hydrogens is 238 g/mol. The van der Waals surface area contributed by atoms with Gasteiger partial charge in [0.15, 0.2) is 6.10 Å². The van der Waals surface area contributed by atoms with Crippen molar-refractivity contribution in [3.63, 3.8) is 0 Å². The zero-order valence-electron chi connectivity index (χ0n) is 12.6. The minimum atomic E-state index is -0.553. The number of carbonyl (C=O) groups excluding carboxylic acids is 1. The second kappa shape index (κ2) is 6.60. The molecule has 1 amide bonds. The van der Waals surface area contributed by atoms with E-state index in [0.29, 0.717) is 18.3 Å². The third kappa shape index (κ3) is 3.98. The van der Waals surface area contributed by atoms with Crippen molar-refractivity contribution in [1.82, 2.24) is 0 Å². The fraction of sp³-hybridized carbons (Fsp3) is 0.562. The summed E-state index contributed by atoms with van der Waals surface area (Å²) in [5.74, 6) is 1.18. The Hall–Kier alpha value is -1.51. The zero-order chi connectivity index (χ0) is 14.6. The van der Waals surface area contributed by atoms with Crippen molar-refractivity contribution in [2.45, 2.75) is 59.0 Å². The van der Waals surface area contributed by atoms with E-state index >= 15 is 0 Å². The highest BCUT2D eigenvalue weighted by Gasteiger charge is 2.18. The van der Waals surface area contributed by atoms with Gasteiger partial charge < -0.3 is 10.5 Å². The van der Waals surface area contributed by atoms with Crippen LogP contribution in [0.1, 0.15) is 64.0 Å². The number of hydrogen-bond donors (Lipinski definition) is 1. The van der Waals surface area contributed by atoms with E-state index in [1.165, 1.54) is 5.56 Å². The molecule has 1 atom stereocenters. The molecular formula is C16H25NO2. The van der Waals surface area contributed by atoms with Crippen molar-refractivity contribution in [3.05, 3.63) is 29.3 Å². The van der Waals surface area contributed by atoms with E-state index in [4.69, 9.17) is 10.5 Å². The molecule has 3 heteroatoms. The Kier molecular flexibility index (Phi) is 5.40. The monoisotopic (exact) mass is 263 g/mol. The number of hydrogen-bond acceptors (Lipinski definition) is 2. The number of rotatable bonds is 6. The van der Waals surface area contributed by atoms with E-state index < -0.39 is 12.0 Å². The number of benzene rings is 1. The Balaban J connectivity index is 3.09. The van der Waals surface area contributed by atoms with Crippen molar-refractivity contribution in [3.8, 4) is 5.75 Å². The predicted octanol–water partition coefficient (Wildman–Crippen LogP) is 3.58. The third-order valence-corrected chi connectivity index (χ3v) is 3.28. The molecule has 19 heavy (non-hydrogen) atoms. The lowest BCUT2D eigenvalue weighted by Gasteiger charge is -2.20. The Morgan fingerprint density at radius 1 is 1.21 bits per heavy atom. The van der Waals surface area contributed by atoms with Crippen molar-refractivity contribution in [2.24, 2.45) is 5.73 Å². The molecule has 0 saturated carbocycles. The maximum absolute atomic E-state index is 11.3. The highest BCUT2D eigenvalue weighted by atomic mass is 16.5. The van der Waals surface area contributed by atoms with E-state index in [9.17, 15) is 4.79 Å². The van der Waals surface area contributed by atoms with Gasteiger partial charge >= 0.3 is 0 Å². The second-order valence-corrected chi connectivity index (χ2v) is 5.52. The quantitative estimate of drug-likeness (QED) is 0.853. The van der Waals surface area contributed by atoms with Crippen LogP contribution in [0.25, 0.3) is 0 Å². The summed E-state index contributed by atoms with van der Waals surface area (Å²) >= 11 is 0. The van der Waals surface area contributed by atoms with E-state index in [-0.39, 0.29) is 0 Å². The zero-order valence-corrected chi connectivity index (χ0v) is 12.6. The molecule has 0 radical (unpaired) electrons. The summed E-state index contributed by atoms with van der Waals surface area (Å²) in [6.07, 6.45) is 0.0288. The summed E-state index contributed by atoms with van der Waals surface area (Å²) < 4.78 is 5.78. The largest absolute Gasteiger partial charge is 0.480 e. The lowest BCUT2D eigenvalue weighted by Crippen LogP contribution is -2.33. The van der Waals surface area contributed by atoms with Crippen LogP contribution in [0, 0.1) is 0 Å². The summed E-state index contributed by atoms with van der Waals surface area (Å²) in [6.45, 7) is 10.5. The summed E-state index contributed by atoms with van der Waals surface area (Å²) in [7, 11) is 0. The van der Waals surface area contributed by atoms with Gasteiger partial charge in [0.25, 0.3) is 5.91 Å². The van der Waals surface area contributed by atoms with Crippen LogP contribution < -0.4 is 10.5 Å². The first-order chi connectivity index (χ1) is 8.86. The van der Waals surface area contributed by atoms with Crippen molar-refractivity contribution in [1.29, 1.82) is 0 Å². The van der Waals surface area contributed by atoms with Gasteiger partial charge in [-0.15, -0.1) is 0 Å². The molecule has 0 aliphatic heterocycles. The van der Waals surface area contributed by atoms with Gasteiger partial charge in [-0.2, -0.15) is 0 Å². The fourth-order valence-electron chi connectivity index (χ4n) is 1.98. The molecule has 0 aliphatic rings. The molecule has 0 aliphatic carbocycles. The van der Waals surface area contributed by atoms with Crippen molar-refractivity contribution >= 4 is 5.91 Å². The van der Waals surface area contributed by atoms with Crippen LogP contribution in [0.3, 0.4) is 0 Å². The summed E-state index contributed by atoms with van der Waals surface area (Å²) in [6, 6.07) is 6.17. The van der Waals surface area contributed by atoms with Gasteiger partial charge in [-0.05, 0) is 35.4 Å². The predicted molar refractivity (Wildman–Crippen MR) is 78.5 cm³/mol. The fourth-order valence-corrected chi connectivity index (χ4v) is 1.98. The van der Waals surface area contributed by atoms with E-state index in [2.05, 4.69) is 39.8 Å². The van der Waals surface area contributed by atoms with Crippen LogP contribution in [0.2, 0.25) is 0 Å². The molecule has 2 N–H and O–H groups in total. The Morgan fingerprint density at radius 3 is 2.26 bits per heavy atom. The van der Waals surface area contributed by atoms with Gasteiger partial charge in [-0.25, -0.2) is 0 Å². The summed E-state index contributed by atoms with van der Waals surface area (Å²) in [4.78, 5) is 11.3. The molecule has 0 aromatic heterocycles. The molecule has 0 spiro atoms. The number of primary amides is 1. The molecule has 1 rings (SSSR count). The minimum absolute atomic E-state index is 0.346. The summed E-state index contributed by atoms with van der Waals surface area (Å²) in [5, 5.41) is 0. The average molecular weight is 263 g/mol. The molecule has 0 fully saturated rings. The van der Waals surface area contributed by atoms with E-state index in [0.717, 1.165) is 11.3 Å². The third-order valence-electron chi connectivity index (χ3n) is 3.28. The van der Waals surface area contributed by atoms with Gasteiger partial charge in [0.05, 0.1) is 0 Å². The van der Waals surface area contributed by atoms with Crippen LogP contribution in [0.15, 0.2) is 18.2 Å². The first kappa shape index (κ1) is 15.5. The molecule has 0 heterocycles. The van der Waals surface area contributed by atoms with E-state index in [1.807, 2.05) is 13.0 Å². The number of nitrogens with two attached hydrogens (primary N) is 1. The van der Waals surface area contributed by atoms with Crippen LogP contribution in [-0.2, 0) is 4.79 Å². The Labute approximate surface area is 116 Å². The smallest absolute Gasteiger partial charge is 0.258 e. The van der Waals surface area contributed by atoms with E-state index in [1.54, 1.807) is 0 Å². The Morgan fingerprint density at radius 2 is 1.84 bits per heavy atom. The maximum atomic E-state index is 11.3. The van der Waals surface area contributed by atoms with Crippen molar-refractivity contribution < 1.29 is 9.53 Å². The molecule has 106 valence electrons. The molecule has 1 aromatic rings. The molecule has 1 unspecified atom stereocenters. The summed E-state index contributed by atoms with van der Waals surface area (Å²) in [5.41, 5.74) is 7.75. The van der Waals surface area contributed by atoms with Crippen molar-refractivity contribution in [2.75, 3.05) is 0 Å². The molecule has 3 nitrogen and oxygen atoms in total. The van der Waals surface area contributed by atoms with Gasteiger partial charge in [-0.3, -0.25) is 4.79 Å². The minimum Gasteiger partial charge on any atom is -0.480 e.